The third kappa shape index (κ3) is 4.67. The molecule has 3 aromatic carbocycles. The fraction of sp³-hybridized carbons (Fsp3) is 0.167. The van der Waals surface area contributed by atoms with Gasteiger partial charge < -0.3 is 4.74 Å². The maximum absolute atomic E-state index is 13.2. The molecule has 0 unspecified atom stereocenters. The van der Waals surface area contributed by atoms with Crippen LogP contribution in [0.2, 0.25) is 0 Å². The number of β-lactam (4-membered cyclic amide) rings is 1. The highest BCUT2D eigenvalue weighted by Crippen LogP contribution is 2.37. The minimum Gasteiger partial charge on any atom is -0.426 e. The number of benzene rings is 3. The van der Waals surface area contributed by atoms with E-state index in [0.29, 0.717) is 10.1 Å². The minimum atomic E-state index is -4.33. The maximum Gasteiger partial charge on any atom is 0.313 e. The number of amides is 1. The summed E-state index contributed by atoms with van der Waals surface area (Å²) in [4.78, 5) is 35.6. The van der Waals surface area contributed by atoms with Gasteiger partial charge in [0.15, 0.2) is 0 Å². The number of ether oxygens (including phenoxy) is 1. The van der Waals surface area contributed by atoms with Gasteiger partial charge in [-0.25, -0.2) is 12.7 Å². The molecule has 34 heavy (non-hydrogen) atoms. The molecule has 9 nitrogen and oxygen atoms in total. The number of esters is 1. The molecule has 1 aliphatic heterocycles. The van der Waals surface area contributed by atoms with Gasteiger partial charge in [0.25, 0.3) is 15.7 Å². The van der Waals surface area contributed by atoms with Gasteiger partial charge >= 0.3 is 5.97 Å². The lowest BCUT2D eigenvalue weighted by atomic mass is 9.83. The molecular formula is C24H20N2O7S. The molecule has 3 aromatic rings. The van der Waals surface area contributed by atoms with Crippen LogP contribution in [0.4, 0.5) is 5.69 Å². The van der Waals surface area contributed by atoms with E-state index in [1.165, 1.54) is 0 Å². The van der Waals surface area contributed by atoms with Crippen molar-refractivity contribution in [3.05, 3.63) is 101 Å². The molecule has 0 spiro atoms. The number of nitrogens with zero attached hydrogens (tertiary/aromatic N) is 2. The first-order valence-corrected chi connectivity index (χ1v) is 11.8. The average Bonchev–Trinajstić information content (AvgIpc) is 2.83. The predicted octanol–water partition coefficient (Wildman–Crippen LogP) is 3.35. The van der Waals surface area contributed by atoms with Gasteiger partial charge in [-0.05, 0) is 36.2 Å². The number of para-hydroxylation sites is 1. The summed E-state index contributed by atoms with van der Waals surface area (Å²) in [5.74, 6) is -1.74. The second kappa shape index (κ2) is 9.44. The van der Waals surface area contributed by atoms with E-state index in [9.17, 15) is 28.1 Å². The van der Waals surface area contributed by atoms with Crippen molar-refractivity contribution in [3.63, 3.8) is 0 Å². The standard InChI is InChI=1S/C24H20N2O7S/c27-23(33-19-9-5-2-6-10-19)16-22-21(15-17-7-3-1-4-8-17)24(28)25(22)34(31,32)20-13-11-18(12-14-20)26(29)30/h1-14,21-22H,15-16H2/t21-,22+/m0/s1. The van der Waals surface area contributed by atoms with E-state index in [-0.39, 0.29) is 23.4 Å². The molecule has 0 bridgehead atoms. The number of nitro groups is 1. The van der Waals surface area contributed by atoms with E-state index in [1.807, 2.05) is 30.3 Å². The SMILES string of the molecule is O=C(C[C@@H]1[C@H](Cc2ccccc2)C(=O)N1S(=O)(=O)c1ccc([N+](=O)[O-])cc1)Oc1ccccc1. The largest absolute Gasteiger partial charge is 0.426 e. The molecule has 0 radical (unpaired) electrons. The highest BCUT2D eigenvalue weighted by Gasteiger charge is 2.54. The minimum absolute atomic E-state index is 0.259. The van der Waals surface area contributed by atoms with Crippen molar-refractivity contribution < 1.29 is 27.7 Å². The molecule has 4 rings (SSSR count). The molecule has 1 heterocycles. The first kappa shape index (κ1) is 23.1. The topological polar surface area (TPSA) is 124 Å². The number of sulfonamides is 1. The molecule has 2 atom stereocenters. The van der Waals surface area contributed by atoms with Crippen LogP contribution in [-0.2, 0) is 26.0 Å². The summed E-state index contributed by atoms with van der Waals surface area (Å²) >= 11 is 0. The van der Waals surface area contributed by atoms with E-state index in [1.54, 1.807) is 30.3 Å². The van der Waals surface area contributed by atoms with E-state index in [4.69, 9.17) is 4.74 Å². The number of hydrogen-bond acceptors (Lipinski definition) is 7. The lowest BCUT2D eigenvalue weighted by molar-refractivity contribution is -0.384. The van der Waals surface area contributed by atoms with Crippen LogP contribution in [0.3, 0.4) is 0 Å². The van der Waals surface area contributed by atoms with Crippen molar-refractivity contribution in [1.29, 1.82) is 0 Å². The number of hydrogen-bond donors (Lipinski definition) is 0. The predicted molar refractivity (Wildman–Crippen MR) is 121 cm³/mol. The second-order valence-electron chi connectivity index (χ2n) is 7.74. The zero-order chi connectivity index (χ0) is 24.3. The number of rotatable bonds is 8. The average molecular weight is 480 g/mol. The zero-order valence-corrected chi connectivity index (χ0v) is 18.6. The number of carbonyl (C=O) groups excluding carboxylic acids is 2. The van der Waals surface area contributed by atoms with Gasteiger partial charge in [0.2, 0.25) is 5.91 Å². The van der Waals surface area contributed by atoms with Gasteiger partial charge in [-0.3, -0.25) is 19.7 Å². The van der Waals surface area contributed by atoms with Gasteiger partial charge in [-0.15, -0.1) is 0 Å². The smallest absolute Gasteiger partial charge is 0.313 e. The van der Waals surface area contributed by atoms with Crippen LogP contribution in [0.5, 0.6) is 5.75 Å². The van der Waals surface area contributed by atoms with Gasteiger partial charge in [0, 0.05) is 12.1 Å². The van der Waals surface area contributed by atoms with Gasteiger partial charge in [-0.2, -0.15) is 0 Å². The summed E-state index contributed by atoms with van der Waals surface area (Å²) in [6, 6.07) is 20.7. The van der Waals surface area contributed by atoms with Crippen LogP contribution in [-0.4, -0.2) is 35.6 Å². The molecule has 1 fully saturated rings. The second-order valence-corrected chi connectivity index (χ2v) is 9.56. The van der Waals surface area contributed by atoms with E-state index >= 15 is 0 Å². The Bertz CT molecular complexity index is 1310. The molecule has 1 amide bonds. The lowest BCUT2D eigenvalue weighted by Gasteiger charge is -2.45. The Balaban J connectivity index is 1.60. The summed E-state index contributed by atoms with van der Waals surface area (Å²) in [5, 5.41) is 10.9. The Morgan fingerprint density at radius 2 is 1.53 bits per heavy atom. The molecule has 10 heteroatoms. The van der Waals surface area contributed by atoms with Gasteiger partial charge in [0.05, 0.1) is 28.2 Å². The first-order chi connectivity index (χ1) is 16.3. The molecule has 0 aliphatic carbocycles. The molecular weight excluding hydrogens is 460 g/mol. The Morgan fingerprint density at radius 1 is 0.941 bits per heavy atom. The van der Waals surface area contributed by atoms with Crippen molar-refractivity contribution in [3.8, 4) is 5.75 Å². The number of nitro benzene ring substituents is 1. The zero-order valence-electron chi connectivity index (χ0n) is 17.8. The normalized spacial score (nSPS) is 17.6. The van der Waals surface area contributed by atoms with Crippen molar-refractivity contribution in [1.82, 2.24) is 4.31 Å². The van der Waals surface area contributed by atoms with Crippen LogP contribution in [0.25, 0.3) is 0 Å². The van der Waals surface area contributed by atoms with Crippen LogP contribution in [0.1, 0.15) is 12.0 Å². The van der Waals surface area contributed by atoms with E-state index in [2.05, 4.69) is 0 Å². The monoisotopic (exact) mass is 480 g/mol. The molecule has 1 saturated heterocycles. The van der Waals surface area contributed by atoms with Crippen LogP contribution < -0.4 is 4.74 Å². The fourth-order valence-electron chi connectivity index (χ4n) is 3.87. The highest BCUT2D eigenvalue weighted by atomic mass is 32.2. The van der Waals surface area contributed by atoms with Crippen LogP contribution >= 0.6 is 0 Å². The summed E-state index contributed by atoms with van der Waals surface area (Å²) in [6.45, 7) is 0. The number of carbonyl (C=O) groups is 2. The molecule has 0 saturated carbocycles. The van der Waals surface area contributed by atoms with Crippen molar-refractivity contribution in [2.75, 3.05) is 0 Å². The summed E-state index contributed by atoms with van der Waals surface area (Å²) in [6.07, 6.45) is -0.0699. The van der Waals surface area contributed by atoms with Gasteiger partial charge in [-0.1, -0.05) is 48.5 Å². The third-order valence-corrected chi connectivity index (χ3v) is 7.39. The lowest BCUT2D eigenvalue weighted by Crippen LogP contribution is -2.64. The van der Waals surface area contributed by atoms with Gasteiger partial charge in [0.1, 0.15) is 5.75 Å². The quantitative estimate of drug-likeness (QED) is 0.159. The Kier molecular flexibility index (Phi) is 6.42. The summed E-state index contributed by atoms with van der Waals surface area (Å²) < 4.78 is 32.5. The van der Waals surface area contributed by atoms with Crippen molar-refractivity contribution >= 4 is 27.6 Å². The summed E-state index contributed by atoms with van der Waals surface area (Å²) in [5.41, 5.74) is 0.550. The molecule has 174 valence electrons. The van der Waals surface area contributed by atoms with Crippen molar-refractivity contribution in [2.45, 2.75) is 23.8 Å². The molecule has 0 N–H and O–H groups in total. The Morgan fingerprint density at radius 3 is 2.12 bits per heavy atom. The Hall–Kier alpha value is -4.05. The van der Waals surface area contributed by atoms with Crippen molar-refractivity contribution in [2.24, 2.45) is 5.92 Å². The number of non-ortho nitro benzene ring substituents is 1. The first-order valence-electron chi connectivity index (χ1n) is 10.4. The van der Waals surface area contributed by atoms with Crippen LogP contribution in [0.15, 0.2) is 89.8 Å². The van der Waals surface area contributed by atoms with Crippen LogP contribution in [0, 0.1) is 16.0 Å². The maximum atomic E-state index is 13.2. The summed E-state index contributed by atoms with van der Waals surface area (Å²) in [7, 11) is -4.33. The molecule has 0 aromatic heterocycles. The fourth-order valence-corrected chi connectivity index (χ4v) is 5.53. The third-order valence-electron chi connectivity index (χ3n) is 5.55. The van der Waals surface area contributed by atoms with E-state index in [0.717, 1.165) is 29.8 Å². The molecule has 1 aliphatic rings. The van der Waals surface area contributed by atoms with E-state index < -0.39 is 38.8 Å². The highest BCUT2D eigenvalue weighted by molar-refractivity contribution is 7.89. The Labute approximate surface area is 195 Å².